The number of methoxy groups -OCH3 is 1. The van der Waals surface area contributed by atoms with E-state index in [2.05, 4.69) is 0 Å². The molecule has 0 aromatic heterocycles. The molecule has 0 N–H and O–H groups in total. The van der Waals surface area contributed by atoms with Gasteiger partial charge in [0.1, 0.15) is 5.75 Å². The van der Waals surface area contributed by atoms with Crippen molar-refractivity contribution in [3.05, 3.63) is 88.5 Å². The third-order valence-corrected chi connectivity index (χ3v) is 4.55. The lowest BCUT2D eigenvalue weighted by atomic mass is 10.1. The number of nitro groups is 1. The lowest BCUT2D eigenvalue weighted by Gasteiger charge is -2.10. The summed E-state index contributed by atoms with van der Waals surface area (Å²) in [5.74, 6) is 1.13. The van der Waals surface area contributed by atoms with Crippen LogP contribution in [0.4, 0.5) is 5.69 Å². The Balaban J connectivity index is 1.62. The van der Waals surface area contributed by atoms with Crippen LogP contribution in [0.3, 0.4) is 0 Å². The van der Waals surface area contributed by atoms with E-state index in [-0.39, 0.29) is 5.69 Å². The quantitative estimate of drug-likeness (QED) is 0.142. The summed E-state index contributed by atoms with van der Waals surface area (Å²) in [6.45, 7) is 2.62. The molecular weight excluding hydrogens is 410 g/mol. The summed E-state index contributed by atoms with van der Waals surface area (Å²) in [4.78, 5) is 22.5. The first kappa shape index (κ1) is 22.6. The SMILES string of the molecule is CCCOc1ccc(/C=C/C(=O)Oc2ccc(-c3ccc([N+](=O)[O-])cc3)cc2)cc1OC. The average molecular weight is 433 g/mol. The summed E-state index contributed by atoms with van der Waals surface area (Å²) in [7, 11) is 1.57. The third kappa shape index (κ3) is 5.95. The van der Waals surface area contributed by atoms with Crippen LogP contribution in [-0.4, -0.2) is 24.6 Å². The van der Waals surface area contributed by atoms with Gasteiger partial charge in [-0.1, -0.05) is 25.1 Å². The largest absolute Gasteiger partial charge is 0.493 e. The van der Waals surface area contributed by atoms with E-state index in [0.717, 1.165) is 23.1 Å². The highest BCUT2D eigenvalue weighted by molar-refractivity contribution is 5.89. The minimum Gasteiger partial charge on any atom is -0.493 e. The first-order valence-corrected chi connectivity index (χ1v) is 10.1. The van der Waals surface area contributed by atoms with Gasteiger partial charge in [0.2, 0.25) is 0 Å². The molecule has 3 aromatic carbocycles. The molecule has 7 nitrogen and oxygen atoms in total. The molecule has 0 amide bonds. The van der Waals surface area contributed by atoms with Gasteiger partial charge in [-0.05, 0) is 65.6 Å². The van der Waals surface area contributed by atoms with Gasteiger partial charge in [-0.25, -0.2) is 4.79 Å². The normalized spacial score (nSPS) is 10.7. The Morgan fingerprint density at radius 1 is 0.969 bits per heavy atom. The van der Waals surface area contributed by atoms with Gasteiger partial charge >= 0.3 is 5.97 Å². The van der Waals surface area contributed by atoms with Crippen molar-refractivity contribution < 1.29 is 23.9 Å². The Kier molecular flexibility index (Phi) is 7.59. The number of rotatable bonds is 9. The van der Waals surface area contributed by atoms with Crippen molar-refractivity contribution in [1.82, 2.24) is 0 Å². The standard InChI is InChI=1S/C25H23NO6/c1-3-16-31-23-14-4-18(17-24(23)30-2)5-15-25(27)32-22-12-8-20(9-13-22)19-6-10-21(11-7-19)26(28)29/h4-15,17H,3,16H2,1-2H3/b15-5+. The number of ether oxygens (including phenoxy) is 3. The van der Waals surface area contributed by atoms with Crippen molar-refractivity contribution in [2.75, 3.05) is 13.7 Å². The molecule has 32 heavy (non-hydrogen) atoms. The molecule has 0 heterocycles. The number of nitro benzene ring substituents is 1. The average Bonchev–Trinajstić information content (AvgIpc) is 2.82. The van der Waals surface area contributed by atoms with Gasteiger partial charge in [0.05, 0.1) is 18.6 Å². The number of carbonyl (C=O) groups is 1. The van der Waals surface area contributed by atoms with E-state index in [1.807, 2.05) is 13.0 Å². The zero-order chi connectivity index (χ0) is 22.9. The summed E-state index contributed by atoms with van der Waals surface area (Å²) in [5, 5.41) is 10.8. The van der Waals surface area contributed by atoms with Crippen LogP contribution in [0, 0.1) is 10.1 Å². The lowest BCUT2D eigenvalue weighted by Crippen LogP contribution is -2.03. The molecule has 3 rings (SSSR count). The van der Waals surface area contributed by atoms with Gasteiger partial charge < -0.3 is 14.2 Å². The Morgan fingerprint density at radius 2 is 1.62 bits per heavy atom. The first-order chi connectivity index (χ1) is 15.5. The summed E-state index contributed by atoms with van der Waals surface area (Å²) in [6.07, 6.45) is 3.87. The van der Waals surface area contributed by atoms with Gasteiger partial charge in [0, 0.05) is 18.2 Å². The van der Waals surface area contributed by atoms with Gasteiger partial charge in [-0.3, -0.25) is 10.1 Å². The Labute approximate surface area is 186 Å². The molecule has 0 radical (unpaired) electrons. The molecule has 0 spiro atoms. The summed E-state index contributed by atoms with van der Waals surface area (Å²) in [5.41, 5.74) is 2.49. The van der Waals surface area contributed by atoms with Gasteiger partial charge in [0.25, 0.3) is 5.69 Å². The number of esters is 1. The molecule has 0 fully saturated rings. The molecule has 0 bridgehead atoms. The predicted molar refractivity (Wildman–Crippen MR) is 122 cm³/mol. The van der Waals surface area contributed by atoms with E-state index < -0.39 is 10.9 Å². The number of hydrogen-bond donors (Lipinski definition) is 0. The molecule has 0 unspecified atom stereocenters. The highest BCUT2D eigenvalue weighted by atomic mass is 16.6. The van der Waals surface area contributed by atoms with Crippen LogP contribution in [0.2, 0.25) is 0 Å². The Morgan fingerprint density at radius 3 is 2.22 bits per heavy atom. The van der Waals surface area contributed by atoms with Crippen LogP contribution >= 0.6 is 0 Å². The van der Waals surface area contributed by atoms with Crippen molar-refractivity contribution in [1.29, 1.82) is 0 Å². The Bertz CT molecular complexity index is 1100. The van der Waals surface area contributed by atoms with Gasteiger partial charge in [-0.15, -0.1) is 0 Å². The highest BCUT2D eigenvalue weighted by Crippen LogP contribution is 2.29. The monoisotopic (exact) mass is 433 g/mol. The molecule has 0 aliphatic heterocycles. The molecule has 0 aliphatic rings. The van der Waals surface area contributed by atoms with E-state index >= 15 is 0 Å². The number of nitrogens with zero attached hydrogens (tertiary/aromatic N) is 1. The minimum absolute atomic E-state index is 0.0341. The number of benzene rings is 3. The zero-order valence-electron chi connectivity index (χ0n) is 17.8. The third-order valence-electron chi connectivity index (χ3n) is 4.55. The van der Waals surface area contributed by atoms with E-state index in [1.54, 1.807) is 61.7 Å². The van der Waals surface area contributed by atoms with Crippen molar-refractivity contribution >= 4 is 17.7 Å². The maximum Gasteiger partial charge on any atom is 0.336 e. The summed E-state index contributed by atoms with van der Waals surface area (Å²) in [6, 6.07) is 18.6. The molecule has 0 saturated heterocycles. The van der Waals surface area contributed by atoms with Crippen molar-refractivity contribution in [3.8, 4) is 28.4 Å². The number of non-ortho nitro benzene ring substituents is 1. The van der Waals surface area contributed by atoms with Crippen LogP contribution in [0.5, 0.6) is 17.2 Å². The highest BCUT2D eigenvalue weighted by Gasteiger charge is 2.07. The second-order valence-electron chi connectivity index (χ2n) is 6.84. The Hall–Kier alpha value is -4.13. The fourth-order valence-corrected chi connectivity index (χ4v) is 2.92. The molecule has 3 aromatic rings. The maximum atomic E-state index is 12.2. The predicted octanol–water partition coefficient (Wildman–Crippen LogP) is 5.68. The van der Waals surface area contributed by atoms with Crippen LogP contribution in [0.15, 0.2) is 72.8 Å². The second-order valence-corrected chi connectivity index (χ2v) is 6.84. The van der Waals surface area contributed by atoms with E-state index in [9.17, 15) is 14.9 Å². The molecule has 164 valence electrons. The first-order valence-electron chi connectivity index (χ1n) is 10.1. The van der Waals surface area contributed by atoms with E-state index in [4.69, 9.17) is 14.2 Å². The van der Waals surface area contributed by atoms with Crippen LogP contribution in [0.1, 0.15) is 18.9 Å². The van der Waals surface area contributed by atoms with Gasteiger partial charge in [-0.2, -0.15) is 0 Å². The fourth-order valence-electron chi connectivity index (χ4n) is 2.92. The second kappa shape index (κ2) is 10.8. The summed E-state index contributed by atoms with van der Waals surface area (Å²) >= 11 is 0. The van der Waals surface area contributed by atoms with E-state index in [1.165, 1.54) is 18.2 Å². The van der Waals surface area contributed by atoms with Crippen LogP contribution in [0.25, 0.3) is 17.2 Å². The van der Waals surface area contributed by atoms with Gasteiger partial charge in [0.15, 0.2) is 11.5 Å². The summed E-state index contributed by atoms with van der Waals surface area (Å²) < 4.78 is 16.3. The lowest BCUT2D eigenvalue weighted by molar-refractivity contribution is -0.384. The fraction of sp³-hybridized carbons (Fsp3) is 0.160. The minimum atomic E-state index is -0.515. The number of hydrogen-bond acceptors (Lipinski definition) is 6. The maximum absolute atomic E-state index is 12.2. The molecule has 0 saturated carbocycles. The van der Waals surface area contributed by atoms with Crippen molar-refractivity contribution in [3.63, 3.8) is 0 Å². The molecule has 7 heteroatoms. The molecular formula is C25H23NO6. The molecule has 0 atom stereocenters. The zero-order valence-corrected chi connectivity index (χ0v) is 17.8. The van der Waals surface area contributed by atoms with Crippen LogP contribution in [-0.2, 0) is 4.79 Å². The molecule has 0 aliphatic carbocycles. The van der Waals surface area contributed by atoms with Crippen molar-refractivity contribution in [2.24, 2.45) is 0 Å². The smallest absolute Gasteiger partial charge is 0.336 e. The van der Waals surface area contributed by atoms with E-state index in [0.29, 0.717) is 23.9 Å². The topological polar surface area (TPSA) is 87.9 Å². The number of carbonyl (C=O) groups excluding carboxylic acids is 1. The van der Waals surface area contributed by atoms with Crippen molar-refractivity contribution in [2.45, 2.75) is 13.3 Å². The van der Waals surface area contributed by atoms with Crippen LogP contribution < -0.4 is 14.2 Å².